The van der Waals surface area contributed by atoms with E-state index in [9.17, 15) is 19.2 Å². The predicted molar refractivity (Wildman–Crippen MR) is 126 cm³/mol. The lowest BCUT2D eigenvalue weighted by molar-refractivity contribution is -0.132. The first-order chi connectivity index (χ1) is 15.3. The first-order valence-corrected chi connectivity index (χ1v) is 10.4. The smallest absolute Gasteiger partial charge is 0.264 e. The van der Waals surface area contributed by atoms with Crippen LogP contribution >= 0.6 is 12.4 Å². The van der Waals surface area contributed by atoms with Crippen LogP contribution in [-0.4, -0.2) is 60.4 Å². The van der Waals surface area contributed by atoms with Crippen LogP contribution in [0, 0.1) is 0 Å². The highest BCUT2D eigenvalue weighted by Gasteiger charge is 2.45. The molecule has 0 aromatic heterocycles. The number of ketones is 2. The Balaban J connectivity index is 0.00000306. The van der Waals surface area contributed by atoms with E-state index in [0.29, 0.717) is 17.1 Å². The van der Waals surface area contributed by atoms with Gasteiger partial charge in [-0.05, 0) is 50.3 Å². The number of halogens is 1. The number of nitrogens with one attached hydrogen (secondary N) is 1. The van der Waals surface area contributed by atoms with Crippen molar-refractivity contribution in [1.82, 2.24) is 9.80 Å². The molecule has 1 saturated carbocycles. The van der Waals surface area contributed by atoms with Crippen LogP contribution in [0.15, 0.2) is 36.4 Å². The van der Waals surface area contributed by atoms with Gasteiger partial charge in [-0.1, -0.05) is 12.1 Å². The number of benzene rings is 2. The van der Waals surface area contributed by atoms with Crippen molar-refractivity contribution < 1.29 is 23.9 Å². The Bertz CT molecular complexity index is 1130. The van der Waals surface area contributed by atoms with Gasteiger partial charge in [0.25, 0.3) is 11.8 Å². The number of amides is 2. The average Bonchev–Trinajstić information content (AvgIpc) is 3.00. The SMILES string of the molecule is COc1cc(CN(C)C)ccc1Nc1cccc2c1C(=O)N(C1CCC(=O)CC1=O)C2=O.Cl. The number of hydrogen-bond donors (Lipinski definition) is 1. The lowest BCUT2D eigenvalue weighted by atomic mass is 9.92. The molecular weight excluding hydrogens is 446 g/mol. The minimum atomic E-state index is -0.896. The average molecular weight is 472 g/mol. The predicted octanol–water partition coefficient (Wildman–Crippen LogP) is 3.21. The van der Waals surface area contributed by atoms with Crippen LogP contribution in [0.5, 0.6) is 5.75 Å². The number of fused-ring (bicyclic) bond motifs is 1. The number of imide groups is 1. The number of carbonyl (C=O) groups excluding carboxylic acids is 4. The van der Waals surface area contributed by atoms with Crippen molar-refractivity contribution >= 4 is 47.2 Å². The number of ether oxygens (including phenoxy) is 1. The van der Waals surface area contributed by atoms with Gasteiger partial charge in [-0.25, -0.2) is 0 Å². The zero-order chi connectivity index (χ0) is 23.0. The number of rotatable bonds is 6. The molecule has 1 atom stereocenters. The molecule has 8 nitrogen and oxygen atoms in total. The Morgan fingerprint density at radius 3 is 2.48 bits per heavy atom. The Kier molecular flexibility index (Phi) is 7.19. The van der Waals surface area contributed by atoms with Crippen molar-refractivity contribution in [3.8, 4) is 5.75 Å². The summed E-state index contributed by atoms with van der Waals surface area (Å²) in [6.07, 6.45) is 0.123. The maximum Gasteiger partial charge on any atom is 0.264 e. The number of anilines is 2. The summed E-state index contributed by atoms with van der Waals surface area (Å²) in [5.74, 6) is -0.964. The van der Waals surface area contributed by atoms with Gasteiger partial charge in [0.2, 0.25) is 0 Å². The van der Waals surface area contributed by atoms with Crippen LogP contribution in [0.4, 0.5) is 11.4 Å². The van der Waals surface area contributed by atoms with Gasteiger partial charge in [-0.2, -0.15) is 0 Å². The van der Waals surface area contributed by atoms with Gasteiger partial charge in [0.15, 0.2) is 5.78 Å². The quantitative estimate of drug-likeness (QED) is 0.510. The third-order valence-electron chi connectivity index (χ3n) is 5.73. The molecule has 2 aliphatic rings. The molecule has 2 amide bonds. The summed E-state index contributed by atoms with van der Waals surface area (Å²) >= 11 is 0. The molecule has 174 valence electrons. The van der Waals surface area contributed by atoms with Crippen LogP contribution in [0.1, 0.15) is 45.5 Å². The van der Waals surface area contributed by atoms with Crippen LogP contribution in [0.25, 0.3) is 0 Å². The number of methoxy groups -OCH3 is 1. The topological polar surface area (TPSA) is 96.0 Å². The highest BCUT2D eigenvalue weighted by molar-refractivity contribution is 6.26. The van der Waals surface area contributed by atoms with E-state index in [0.717, 1.165) is 17.0 Å². The second kappa shape index (κ2) is 9.72. The zero-order valence-electron chi connectivity index (χ0n) is 18.7. The standard InChI is InChI=1S/C24H25N3O5.ClH/c1-26(2)13-14-7-9-17(21(11-14)32-3)25-18-6-4-5-16-22(18)24(31)27(23(16)30)19-10-8-15(28)12-20(19)29;/h4-7,9,11,19,25H,8,10,12-13H2,1-3H3;1H. The van der Waals surface area contributed by atoms with Crippen molar-refractivity contribution in [2.24, 2.45) is 0 Å². The van der Waals surface area contributed by atoms with Crippen LogP contribution in [0.3, 0.4) is 0 Å². The third-order valence-corrected chi connectivity index (χ3v) is 5.73. The monoisotopic (exact) mass is 471 g/mol. The fourth-order valence-corrected chi connectivity index (χ4v) is 4.27. The summed E-state index contributed by atoms with van der Waals surface area (Å²) in [5, 5.41) is 3.22. The van der Waals surface area contributed by atoms with Crippen molar-refractivity contribution in [3.05, 3.63) is 53.1 Å². The zero-order valence-corrected chi connectivity index (χ0v) is 19.5. The largest absolute Gasteiger partial charge is 0.495 e. The molecule has 1 unspecified atom stereocenters. The van der Waals surface area contributed by atoms with Crippen LogP contribution in [-0.2, 0) is 16.1 Å². The maximum atomic E-state index is 13.3. The highest BCUT2D eigenvalue weighted by Crippen LogP contribution is 2.36. The molecule has 33 heavy (non-hydrogen) atoms. The Hall–Kier alpha value is -3.23. The van der Waals surface area contributed by atoms with Gasteiger partial charge >= 0.3 is 0 Å². The van der Waals surface area contributed by atoms with Gasteiger partial charge in [-0.3, -0.25) is 24.1 Å². The summed E-state index contributed by atoms with van der Waals surface area (Å²) in [7, 11) is 5.53. The van der Waals surface area contributed by atoms with Crippen molar-refractivity contribution in [2.45, 2.75) is 31.8 Å². The molecule has 4 rings (SSSR count). The molecule has 0 saturated heterocycles. The maximum absolute atomic E-state index is 13.3. The number of nitrogens with zero attached hydrogens (tertiary/aromatic N) is 2. The highest BCUT2D eigenvalue weighted by atomic mass is 35.5. The molecule has 1 aliphatic carbocycles. The Labute approximate surface area is 198 Å². The molecule has 0 radical (unpaired) electrons. The van der Waals surface area contributed by atoms with Crippen molar-refractivity contribution in [2.75, 3.05) is 26.5 Å². The second-order valence-corrected chi connectivity index (χ2v) is 8.34. The first-order valence-electron chi connectivity index (χ1n) is 10.4. The van der Waals surface area contributed by atoms with E-state index < -0.39 is 17.9 Å². The molecule has 0 spiro atoms. The summed E-state index contributed by atoms with van der Waals surface area (Å²) in [4.78, 5) is 53.3. The van der Waals surface area contributed by atoms with Crippen molar-refractivity contribution in [3.63, 3.8) is 0 Å². The molecule has 2 aromatic carbocycles. The van der Waals surface area contributed by atoms with Crippen molar-refractivity contribution in [1.29, 1.82) is 0 Å². The van der Waals surface area contributed by atoms with E-state index in [1.807, 2.05) is 37.2 Å². The van der Waals surface area contributed by atoms with E-state index >= 15 is 0 Å². The van der Waals surface area contributed by atoms with Crippen LogP contribution < -0.4 is 10.1 Å². The minimum absolute atomic E-state index is 0. The summed E-state index contributed by atoms with van der Waals surface area (Å²) < 4.78 is 5.53. The molecular formula is C24H26ClN3O5. The molecule has 2 aromatic rings. The first kappa shape index (κ1) is 24.4. The lowest BCUT2D eigenvalue weighted by Crippen LogP contribution is -2.47. The number of hydrogen-bond acceptors (Lipinski definition) is 7. The van der Waals surface area contributed by atoms with Gasteiger partial charge in [0.1, 0.15) is 11.5 Å². The minimum Gasteiger partial charge on any atom is -0.495 e. The Morgan fingerprint density at radius 2 is 1.82 bits per heavy atom. The molecule has 0 bridgehead atoms. The van der Waals surface area contributed by atoms with E-state index in [2.05, 4.69) is 5.32 Å². The summed E-state index contributed by atoms with van der Waals surface area (Å²) in [5.41, 5.74) is 2.65. The molecule has 1 heterocycles. The van der Waals surface area contributed by atoms with Gasteiger partial charge < -0.3 is 15.0 Å². The fraction of sp³-hybridized carbons (Fsp3) is 0.333. The van der Waals surface area contributed by atoms with Crippen LogP contribution in [0.2, 0.25) is 0 Å². The second-order valence-electron chi connectivity index (χ2n) is 8.34. The Morgan fingerprint density at radius 1 is 1.06 bits per heavy atom. The van der Waals surface area contributed by atoms with E-state index in [1.165, 1.54) is 0 Å². The van der Waals surface area contributed by atoms with E-state index in [4.69, 9.17) is 4.74 Å². The molecule has 1 fully saturated rings. The summed E-state index contributed by atoms with van der Waals surface area (Å²) in [6.45, 7) is 0.747. The molecule has 1 N–H and O–H groups in total. The normalized spacial score (nSPS) is 17.8. The van der Waals surface area contributed by atoms with Gasteiger partial charge in [0, 0.05) is 13.0 Å². The number of Topliss-reactive ketones (excluding diaryl/α,β-unsaturated/α-hetero) is 2. The van der Waals surface area contributed by atoms with Gasteiger partial charge in [0.05, 0.1) is 42.1 Å². The lowest BCUT2D eigenvalue weighted by Gasteiger charge is -2.27. The number of carbonyl (C=O) groups is 4. The van der Waals surface area contributed by atoms with E-state index in [-0.39, 0.29) is 54.4 Å². The van der Waals surface area contributed by atoms with Gasteiger partial charge in [-0.15, -0.1) is 12.4 Å². The fourth-order valence-electron chi connectivity index (χ4n) is 4.27. The van der Waals surface area contributed by atoms with E-state index in [1.54, 1.807) is 25.3 Å². The molecule has 9 heteroatoms. The summed E-state index contributed by atoms with van der Waals surface area (Å²) in [6, 6.07) is 9.84. The third kappa shape index (κ3) is 4.62. The molecule has 1 aliphatic heterocycles.